The van der Waals surface area contributed by atoms with Crippen LogP contribution < -0.4 is 10.6 Å². The first-order chi connectivity index (χ1) is 8.69. The minimum absolute atomic E-state index is 0.0999. The molecular weight excluding hydrogens is 254 g/mol. The van der Waals surface area contributed by atoms with E-state index in [-0.39, 0.29) is 11.5 Å². The number of nitro groups is 1. The van der Waals surface area contributed by atoms with Crippen LogP contribution in [-0.4, -0.2) is 40.0 Å². The Morgan fingerprint density at radius 2 is 2.33 bits per heavy atom. The Hall–Kier alpha value is -1.57. The summed E-state index contributed by atoms with van der Waals surface area (Å²) in [4.78, 5) is 18.2. The molecule has 8 heteroatoms. The third kappa shape index (κ3) is 4.36. The molecule has 0 aromatic carbocycles. The molecule has 1 aromatic rings. The van der Waals surface area contributed by atoms with E-state index in [2.05, 4.69) is 27.5 Å². The number of rotatable bonds is 8. The third-order valence-electron chi connectivity index (χ3n) is 2.15. The fourth-order valence-electron chi connectivity index (χ4n) is 1.28. The lowest BCUT2D eigenvalue weighted by atomic mass is 10.4. The zero-order valence-electron chi connectivity index (χ0n) is 10.5. The van der Waals surface area contributed by atoms with Crippen molar-refractivity contribution in [2.24, 2.45) is 0 Å². The molecule has 0 amide bonds. The molecule has 0 saturated carbocycles. The third-order valence-corrected chi connectivity index (χ3v) is 3.14. The van der Waals surface area contributed by atoms with Gasteiger partial charge in [-0.25, -0.2) is 4.98 Å². The molecular formula is C10H17N5O2S. The highest BCUT2D eigenvalue weighted by Gasteiger charge is 2.16. The van der Waals surface area contributed by atoms with Gasteiger partial charge in [0.15, 0.2) is 0 Å². The minimum atomic E-state index is -0.484. The van der Waals surface area contributed by atoms with Gasteiger partial charge in [-0.3, -0.25) is 10.1 Å². The SMILES string of the molecule is CCSCCCNc1nc(NC)ncc1[N+](=O)[O-]. The number of anilines is 2. The Morgan fingerprint density at radius 1 is 1.56 bits per heavy atom. The number of nitrogens with one attached hydrogen (secondary N) is 2. The molecule has 0 unspecified atom stereocenters. The van der Waals surface area contributed by atoms with Crippen LogP contribution in [0.4, 0.5) is 17.5 Å². The van der Waals surface area contributed by atoms with E-state index < -0.39 is 4.92 Å². The van der Waals surface area contributed by atoms with Crippen LogP contribution in [0.3, 0.4) is 0 Å². The van der Waals surface area contributed by atoms with Gasteiger partial charge < -0.3 is 10.6 Å². The van der Waals surface area contributed by atoms with Crippen LogP contribution in [0.15, 0.2) is 6.20 Å². The van der Waals surface area contributed by atoms with Crippen molar-refractivity contribution < 1.29 is 4.92 Å². The van der Waals surface area contributed by atoms with Crippen molar-refractivity contribution in [3.8, 4) is 0 Å². The van der Waals surface area contributed by atoms with Crippen molar-refractivity contribution in [2.45, 2.75) is 13.3 Å². The van der Waals surface area contributed by atoms with Gasteiger partial charge in [0.2, 0.25) is 11.8 Å². The largest absolute Gasteiger partial charge is 0.364 e. The standard InChI is InChI=1S/C10H17N5O2S/c1-3-18-6-4-5-12-9-8(15(16)17)7-13-10(11-2)14-9/h7H,3-6H2,1-2H3,(H2,11,12,13,14). The second kappa shape index (κ2) is 7.70. The summed E-state index contributed by atoms with van der Waals surface area (Å²) in [6.45, 7) is 2.76. The van der Waals surface area contributed by atoms with E-state index in [1.165, 1.54) is 6.20 Å². The van der Waals surface area contributed by atoms with Gasteiger partial charge in [-0.1, -0.05) is 6.92 Å². The van der Waals surface area contributed by atoms with Crippen molar-refractivity contribution >= 4 is 29.2 Å². The first kappa shape index (κ1) is 14.5. The van der Waals surface area contributed by atoms with Crippen LogP contribution in [0.25, 0.3) is 0 Å². The van der Waals surface area contributed by atoms with Crippen LogP contribution in [0, 0.1) is 10.1 Å². The van der Waals surface area contributed by atoms with Crippen LogP contribution >= 0.6 is 11.8 Å². The fourth-order valence-corrected chi connectivity index (χ4v) is 1.92. The van der Waals surface area contributed by atoms with E-state index in [0.29, 0.717) is 12.5 Å². The topological polar surface area (TPSA) is 93.0 Å². The summed E-state index contributed by atoms with van der Waals surface area (Å²) in [7, 11) is 1.67. The number of hydrogen-bond acceptors (Lipinski definition) is 7. The number of hydrogen-bond donors (Lipinski definition) is 2. The van der Waals surface area contributed by atoms with E-state index in [9.17, 15) is 10.1 Å². The Bertz CT molecular complexity index is 402. The van der Waals surface area contributed by atoms with Crippen molar-refractivity contribution in [3.63, 3.8) is 0 Å². The second-order valence-electron chi connectivity index (χ2n) is 3.41. The summed E-state index contributed by atoms with van der Waals surface area (Å²) in [5.74, 6) is 2.74. The van der Waals surface area contributed by atoms with Crippen LogP contribution in [0.2, 0.25) is 0 Å². The summed E-state index contributed by atoms with van der Waals surface area (Å²) in [5, 5.41) is 16.6. The van der Waals surface area contributed by atoms with Crippen LogP contribution in [0.5, 0.6) is 0 Å². The molecule has 0 saturated heterocycles. The molecule has 0 atom stereocenters. The monoisotopic (exact) mass is 271 g/mol. The number of aromatic nitrogens is 2. The van der Waals surface area contributed by atoms with Gasteiger partial charge in [0.05, 0.1) is 4.92 Å². The Balaban J connectivity index is 2.63. The Kier molecular flexibility index (Phi) is 6.20. The molecule has 0 bridgehead atoms. The van der Waals surface area contributed by atoms with E-state index in [1.807, 2.05) is 11.8 Å². The van der Waals surface area contributed by atoms with Crippen molar-refractivity contribution in [1.29, 1.82) is 0 Å². The molecule has 18 heavy (non-hydrogen) atoms. The highest BCUT2D eigenvalue weighted by atomic mass is 32.2. The van der Waals surface area contributed by atoms with Gasteiger partial charge in [0.1, 0.15) is 6.20 Å². The number of thioether (sulfide) groups is 1. The van der Waals surface area contributed by atoms with Gasteiger partial charge in [-0.15, -0.1) is 0 Å². The smallest absolute Gasteiger partial charge is 0.329 e. The first-order valence-electron chi connectivity index (χ1n) is 5.69. The van der Waals surface area contributed by atoms with Gasteiger partial charge in [0.25, 0.3) is 0 Å². The Labute approximate surface area is 110 Å². The van der Waals surface area contributed by atoms with E-state index in [4.69, 9.17) is 0 Å². The minimum Gasteiger partial charge on any atom is -0.364 e. The summed E-state index contributed by atoms with van der Waals surface area (Å²) in [6.07, 6.45) is 2.15. The van der Waals surface area contributed by atoms with E-state index >= 15 is 0 Å². The van der Waals surface area contributed by atoms with Gasteiger partial charge in [0, 0.05) is 13.6 Å². The summed E-state index contributed by atoms with van der Waals surface area (Å²) in [5.41, 5.74) is -0.0999. The zero-order valence-corrected chi connectivity index (χ0v) is 11.3. The second-order valence-corrected chi connectivity index (χ2v) is 4.81. The molecule has 0 spiro atoms. The van der Waals surface area contributed by atoms with Gasteiger partial charge in [-0.05, 0) is 17.9 Å². The summed E-state index contributed by atoms with van der Waals surface area (Å²) >= 11 is 1.84. The first-order valence-corrected chi connectivity index (χ1v) is 6.85. The molecule has 0 aliphatic rings. The molecule has 2 N–H and O–H groups in total. The maximum atomic E-state index is 10.8. The maximum absolute atomic E-state index is 10.8. The lowest BCUT2D eigenvalue weighted by Crippen LogP contribution is -2.09. The normalized spacial score (nSPS) is 10.1. The molecule has 0 fully saturated rings. The predicted octanol–water partition coefficient (Wildman–Crippen LogP) is 1.98. The highest BCUT2D eigenvalue weighted by Crippen LogP contribution is 2.21. The summed E-state index contributed by atoms with van der Waals surface area (Å²) in [6, 6.07) is 0. The summed E-state index contributed by atoms with van der Waals surface area (Å²) < 4.78 is 0. The Morgan fingerprint density at radius 3 is 2.94 bits per heavy atom. The lowest BCUT2D eigenvalue weighted by Gasteiger charge is -2.07. The van der Waals surface area contributed by atoms with Crippen LogP contribution in [-0.2, 0) is 0 Å². The predicted molar refractivity (Wildman–Crippen MR) is 74.3 cm³/mol. The van der Waals surface area contributed by atoms with Crippen molar-refractivity contribution in [3.05, 3.63) is 16.3 Å². The maximum Gasteiger partial charge on any atom is 0.329 e. The molecule has 1 heterocycles. The molecule has 1 aromatic heterocycles. The van der Waals surface area contributed by atoms with Gasteiger partial charge >= 0.3 is 5.69 Å². The van der Waals surface area contributed by atoms with E-state index in [0.717, 1.165) is 17.9 Å². The number of nitrogens with zero attached hydrogens (tertiary/aromatic N) is 3. The lowest BCUT2D eigenvalue weighted by molar-refractivity contribution is -0.384. The molecule has 0 aliphatic carbocycles. The average molecular weight is 271 g/mol. The average Bonchev–Trinajstić information content (AvgIpc) is 2.38. The molecule has 0 radical (unpaired) electrons. The fraction of sp³-hybridized carbons (Fsp3) is 0.600. The quantitative estimate of drug-likeness (QED) is 0.424. The molecule has 0 aliphatic heterocycles. The van der Waals surface area contributed by atoms with E-state index in [1.54, 1.807) is 7.05 Å². The zero-order chi connectivity index (χ0) is 13.4. The molecule has 1 rings (SSSR count). The highest BCUT2D eigenvalue weighted by molar-refractivity contribution is 7.99. The van der Waals surface area contributed by atoms with Gasteiger partial charge in [-0.2, -0.15) is 16.7 Å². The van der Waals surface area contributed by atoms with Crippen molar-refractivity contribution in [2.75, 3.05) is 35.7 Å². The molecule has 100 valence electrons. The molecule has 7 nitrogen and oxygen atoms in total. The van der Waals surface area contributed by atoms with Crippen LogP contribution in [0.1, 0.15) is 13.3 Å². The van der Waals surface area contributed by atoms with Crippen molar-refractivity contribution in [1.82, 2.24) is 9.97 Å².